The topological polar surface area (TPSA) is 70.5 Å². The van der Waals surface area contributed by atoms with Crippen molar-refractivity contribution >= 4 is 32.5 Å². The maximum atomic E-state index is 10.3. The van der Waals surface area contributed by atoms with E-state index in [2.05, 4.69) is 33.4 Å². The van der Waals surface area contributed by atoms with Crippen LogP contribution in [0.5, 0.6) is 5.75 Å². The predicted molar refractivity (Wildman–Crippen MR) is 129 cm³/mol. The molecule has 0 spiro atoms. The van der Waals surface area contributed by atoms with Gasteiger partial charge in [0.05, 0.1) is 35.5 Å². The van der Waals surface area contributed by atoms with Crippen LogP contribution in [-0.2, 0) is 6.54 Å². The Morgan fingerprint density at radius 1 is 1.16 bits per heavy atom. The van der Waals surface area contributed by atoms with Gasteiger partial charge in [-0.1, -0.05) is 12.1 Å². The quantitative estimate of drug-likeness (QED) is 0.443. The third kappa shape index (κ3) is 4.34. The first-order valence-electron chi connectivity index (χ1n) is 11.1. The molecule has 0 aliphatic carbocycles. The Morgan fingerprint density at radius 3 is 2.78 bits per heavy atom. The van der Waals surface area contributed by atoms with Crippen molar-refractivity contribution in [2.75, 3.05) is 26.8 Å². The number of ether oxygens (including phenoxy) is 1. The number of aliphatic hydroxyl groups is 1. The molecule has 2 aromatic heterocycles. The molecule has 4 aromatic rings. The second-order valence-electron chi connectivity index (χ2n) is 8.25. The number of aromatic nitrogens is 2. The molecule has 0 saturated carbocycles. The molecule has 6 nitrogen and oxygen atoms in total. The van der Waals surface area contributed by atoms with Crippen molar-refractivity contribution < 1.29 is 9.84 Å². The van der Waals surface area contributed by atoms with Crippen LogP contribution in [0.1, 0.15) is 29.5 Å². The number of hydrogen-bond acceptors (Lipinski definition) is 7. The van der Waals surface area contributed by atoms with Crippen molar-refractivity contribution in [3.63, 3.8) is 0 Å². The Bertz CT molecular complexity index is 1170. The van der Waals surface area contributed by atoms with E-state index in [1.165, 1.54) is 4.70 Å². The van der Waals surface area contributed by atoms with Gasteiger partial charge in [-0.05, 0) is 54.8 Å². The van der Waals surface area contributed by atoms with Crippen molar-refractivity contribution in [1.82, 2.24) is 20.2 Å². The van der Waals surface area contributed by atoms with Gasteiger partial charge in [-0.25, -0.2) is 4.98 Å². The third-order valence-electron chi connectivity index (χ3n) is 6.36. The first-order chi connectivity index (χ1) is 15.7. The molecule has 0 bridgehead atoms. The summed E-state index contributed by atoms with van der Waals surface area (Å²) in [6.45, 7) is 2.77. The van der Waals surface area contributed by atoms with E-state index >= 15 is 0 Å². The first-order valence-corrected chi connectivity index (χ1v) is 11.9. The zero-order chi connectivity index (χ0) is 21.9. The van der Waals surface area contributed by atoms with Crippen molar-refractivity contribution in [3.05, 3.63) is 65.3 Å². The predicted octanol–water partition coefficient (Wildman–Crippen LogP) is 4.14. The van der Waals surface area contributed by atoms with E-state index in [4.69, 9.17) is 9.72 Å². The average Bonchev–Trinajstić information content (AvgIpc) is 3.27. The molecule has 166 valence electrons. The number of nitrogens with zero attached hydrogens (tertiary/aromatic N) is 3. The van der Waals surface area contributed by atoms with E-state index in [1.54, 1.807) is 18.4 Å². The van der Waals surface area contributed by atoms with E-state index in [-0.39, 0.29) is 12.6 Å². The Morgan fingerprint density at radius 2 is 2.00 bits per heavy atom. The number of rotatable bonds is 7. The van der Waals surface area contributed by atoms with Gasteiger partial charge in [0.1, 0.15) is 10.8 Å². The van der Waals surface area contributed by atoms with Crippen molar-refractivity contribution in [3.8, 4) is 5.75 Å². The van der Waals surface area contributed by atoms with E-state index in [0.717, 1.165) is 65.2 Å². The molecule has 7 heteroatoms. The third-order valence-corrected chi connectivity index (χ3v) is 7.40. The number of pyridine rings is 1. The SMILES string of the molecule is COc1ccc2nccc([C@H](CO)N3CCC(NCc4nc5ccccc5s4)CC3)c2c1. The minimum Gasteiger partial charge on any atom is -0.497 e. The minimum absolute atomic E-state index is 0.0437. The number of piperidine rings is 1. The number of thiazole rings is 1. The number of para-hydroxylation sites is 1. The van der Waals surface area contributed by atoms with Gasteiger partial charge in [-0.3, -0.25) is 9.88 Å². The smallest absolute Gasteiger partial charge is 0.119 e. The van der Waals surface area contributed by atoms with Crippen LogP contribution < -0.4 is 10.1 Å². The van der Waals surface area contributed by atoms with Crippen LogP contribution in [0.25, 0.3) is 21.1 Å². The lowest BCUT2D eigenvalue weighted by Crippen LogP contribution is -2.44. The van der Waals surface area contributed by atoms with E-state index in [9.17, 15) is 5.11 Å². The lowest BCUT2D eigenvalue weighted by molar-refractivity contribution is 0.0939. The number of likely N-dealkylation sites (tertiary alicyclic amines) is 1. The number of nitrogens with one attached hydrogen (secondary N) is 1. The summed E-state index contributed by atoms with van der Waals surface area (Å²) < 4.78 is 6.66. The lowest BCUT2D eigenvalue weighted by atomic mass is 9.97. The van der Waals surface area contributed by atoms with E-state index < -0.39 is 0 Å². The van der Waals surface area contributed by atoms with Gasteiger partial charge in [-0.15, -0.1) is 11.3 Å². The van der Waals surface area contributed by atoms with Crippen molar-refractivity contribution in [1.29, 1.82) is 0 Å². The van der Waals surface area contributed by atoms with Gasteiger partial charge in [-0.2, -0.15) is 0 Å². The summed E-state index contributed by atoms with van der Waals surface area (Å²) in [4.78, 5) is 11.6. The Labute approximate surface area is 191 Å². The molecule has 0 amide bonds. The molecule has 2 N–H and O–H groups in total. The number of aliphatic hydroxyl groups excluding tert-OH is 1. The molecule has 3 heterocycles. The fourth-order valence-electron chi connectivity index (χ4n) is 4.62. The zero-order valence-electron chi connectivity index (χ0n) is 18.2. The van der Waals surface area contributed by atoms with Gasteiger partial charge < -0.3 is 15.2 Å². The molecule has 1 saturated heterocycles. The second-order valence-corrected chi connectivity index (χ2v) is 9.36. The molecular formula is C25H28N4O2S. The van der Waals surface area contributed by atoms with Crippen LogP contribution in [0.3, 0.4) is 0 Å². The van der Waals surface area contributed by atoms with Crippen LogP contribution in [-0.4, -0.2) is 52.8 Å². The first kappa shape index (κ1) is 21.3. The summed E-state index contributed by atoms with van der Waals surface area (Å²) >= 11 is 1.76. The van der Waals surface area contributed by atoms with Crippen molar-refractivity contribution in [2.45, 2.75) is 31.5 Å². The van der Waals surface area contributed by atoms with E-state index in [0.29, 0.717) is 6.04 Å². The molecule has 1 fully saturated rings. The molecule has 2 aromatic carbocycles. The Hall–Kier alpha value is -2.58. The fraction of sp³-hybridized carbons (Fsp3) is 0.360. The van der Waals surface area contributed by atoms with Gasteiger partial charge >= 0.3 is 0 Å². The summed E-state index contributed by atoms with van der Waals surface area (Å²) in [6.07, 6.45) is 3.93. The average molecular weight is 449 g/mol. The normalized spacial score (nSPS) is 16.6. The summed E-state index contributed by atoms with van der Waals surface area (Å²) in [5, 5.41) is 16.2. The molecule has 0 unspecified atom stereocenters. The van der Waals surface area contributed by atoms with Gasteiger partial charge in [0.25, 0.3) is 0 Å². The summed E-state index contributed by atoms with van der Waals surface area (Å²) in [5.41, 5.74) is 3.11. The molecule has 1 aliphatic heterocycles. The summed E-state index contributed by atoms with van der Waals surface area (Å²) in [5.74, 6) is 0.807. The van der Waals surface area contributed by atoms with Crippen LogP contribution in [0.4, 0.5) is 0 Å². The van der Waals surface area contributed by atoms with Crippen molar-refractivity contribution in [2.24, 2.45) is 0 Å². The second kappa shape index (κ2) is 9.50. The highest BCUT2D eigenvalue weighted by atomic mass is 32.1. The van der Waals surface area contributed by atoms with E-state index in [1.807, 2.05) is 36.5 Å². The largest absolute Gasteiger partial charge is 0.497 e. The molecule has 32 heavy (non-hydrogen) atoms. The Kier molecular flexibility index (Phi) is 6.32. The highest BCUT2D eigenvalue weighted by Gasteiger charge is 2.27. The highest BCUT2D eigenvalue weighted by molar-refractivity contribution is 7.18. The molecule has 1 aliphatic rings. The standard InChI is InChI=1S/C25H28N4O2S/c1-31-18-6-7-21-20(14-18)19(8-11-26-21)23(16-30)29-12-9-17(10-13-29)27-15-25-28-22-4-2-3-5-24(22)32-25/h2-8,11,14,17,23,27,30H,9-10,12-13,15-16H2,1H3/t23-/m0/s1. The maximum absolute atomic E-state index is 10.3. The minimum atomic E-state index is -0.0437. The van der Waals surface area contributed by atoms with Gasteiger partial charge in [0.15, 0.2) is 0 Å². The summed E-state index contributed by atoms with van der Waals surface area (Å²) in [6, 6.07) is 16.7. The molecule has 0 radical (unpaired) electrons. The number of benzene rings is 2. The van der Waals surface area contributed by atoms with Crippen LogP contribution in [0.15, 0.2) is 54.7 Å². The summed E-state index contributed by atoms with van der Waals surface area (Å²) in [7, 11) is 1.67. The number of methoxy groups -OCH3 is 1. The zero-order valence-corrected chi connectivity index (χ0v) is 19.0. The Balaban J connectivity index is 1.24. The van der Waals surface area contributed by atoms with Crippen LogP contribution >= 0.6 is 11.3 Å². The maximum Gasteiger partial charge on any atom is 0.119 e. The van der Waals surface area contributed by atoms with Gasteiger partial charge in [0, 0.05) is 37.3 Å². The van der Waals surface area contributed by atoms with Gasteiger partial charge in [0.2, 0.25) is 0 Å². The number of fused-ring (bicyclic) bond motifs is 2. The molecule has 1 atom stereocenters. The molecular weight excluding hydrogens is 420 g/mol. The highest BCUT2D eigenvalue weighted by Crippen LogP contribution is 2.31. The van der Waals surface area contributed by atoms with Crippen LogP contribution in [0.2, 0.25) is 0 Å². The monoisotopic (exact) mass is 448 g/mol. The van der Waals surface area contributed by atoms with Crippen LogP contribution in [0, 0.1) is 0 Å². The fourth-order valence-corrected chi connectivity index (χ4v) is 5.54. The molecule has 5 rings (SSSR count). The number of hydrogen-bond donors (Lipinski definition) is 2. The lowest BCUT2D eigenvalue weighted by Gasteiger charge is -2.37.